The Labute approximate surface area is 158 Å². The third-order valence-electron chi connectivity index (χ3n) is 4.45. The van der Waals surface area contributed by atoms with Crippen molar-refractivity contribution in [1.82, 2.24) is 14.6 Å². The van der Waals surface area contributed by atoms with Gasteiger partial charge in [0.2, 0.25) is 5.91 Å². The molecule has 1 amide bonds. The Bertz CT molecular complexity index is 955. The van der Waals surface area contributed by atoms with Crippen molar-refractivity contribution < 1.29 is 4.79 Å². The van der Waals surface area contributed by atoms with Crippen LogP contribution in [0.25, 0.3) is 16.1 Å². The predicted molar refractivity (Wildman–Crippen MR) is 108 cm³/mol. The number of hydrogen-bond donors (Lipinski definition) is 1. The number of thiophene rings is 1. The van der Waals surface area contributed by atoms with Crippen molar-refractivity contribution in [3.8, 4) is 10.4 Å². The van der Waals surface area contributed by atoms with Crippen molar-refractivity contribution in [1.29, 1.82) is 0 Å². The van der Waals surface area contributed by atoms with Crippen molar-refractivity contribution in [2.45, 2.75) is 60.3 Å². The van der Waals surface area contributed by atoms with E-state index in [4.69, 9.17) is 10.1 Å². The standard InChI is InChI=1S/C20H26N4OS/c1-6-7-8-9-16-11-13(3)21-20-18(14(4)23-24(16)20)19-12(2)10-17(26-19)22-15(5)25/h10-11H,6-9H2,1-5H3,(H,22,25). The molecular formula is C20H26N4OS. The van der Waals surface area contributed by atoms with Crippen LogP contribution in [-0.2, 0) is 11.2 Å². The molecule has 0 bridgehead atoms. The molecule has 138 valence electrons. The van der Waals surface area contributed by atoms with Gasteiger partial charge in [0.1, 0.15) is 0 Å². The van der Waals surface area contributed by atoms with Gasteiger partial charge in [-0.3, -0.25) is 4.79 Å². The number of unbranched alkanes of at least 4 members (excludes halogenated alkanes) is 2. The molecule has 26 heavy (non-hydrogen) atoms. The maximum atomic E-state index is 11.4. The summed E-state index contributed by atoms with van der Waals surface area (Å²) in [4.78, 5) is 17.3. The molecule has 0 aliphatic carbocycles. The molecule has 0 spiro atoms. The molecule has 0 aliphatic heterocycles. The minimum Gasteiger partial charge on any atom is -0.318 e. The van der Waals surface area contributed by atoms with Crippen LogP contribution >= 0.6 is 11.3 Å². The van der Waals surface area contributed by atoms with E-state index in [-0.39, 0.29) is 5.91 Å². The quantitative estimate of drug-likeness (QED) is 0.616. The average molecular weight is 371 g/mol. The van der Waals surface area contributed by atoms with Crippen molar-refractivity contribution >= 4 is 27.9 Å². The van der Waals surface area contributed by atoms with Crippen LogP contribution in [0.15, 0.2) is 12.1 Å². The minimum atomic E-state index is -0.0541. The van der Waals surface area contributed by atoms with E-state index >= 15 is 0 Å². The van der Waals surface area contributed by atoms with E-state index in [0.717, 1.165) is 50.9 Å². The molecule has 0 aromatic carbocycles. The fraction of sp³-hybridized carbons (Fsp3) is 0.450. The summed E-state index contributed by atoms with van der Waals surface area (Å²) >= 11 is 1.58. The van der Waals surface area contributed by atoms with Crippen LogP contribution in [0.5, 0.6) is 0 Å². The zero-order chi connectivity index (χ0) is 18.8. The zero-order valence-corrected chi connectivity index (χ0v) is 17.0. The van der Waals surface area contributed by atoms with E-state index < -0.39 is 0 Å². The van der Waals surface area contributed by atoms with Gasteiger partial charge < -0.3 is 5.32 Å². The molecule has 3 aromatic heterocycles. The van der Waals surface area contributed by atoms with Crippen LogP contribution in [0.3, 0.4) is 0 Å². The molecule has 3 heterocycles. The normalized spacial score (nSPS) is 11.3. The van der Waals surface area contributed by atoms with E-state index in [1.807, 2.05) is 24.4 Å². The van der Waals surface area contributed by atoms with E-state index in [1.54, 1.807) is 11.3 Å². The Morgan fingerprint density at radius 3 is 2.69 bits per heavy atom. The lowest BCUT2D eigenvalue weighted by Gasteiger charge is -2.06. The van der Waals surface area contributed by atoms with E-state index in [2.05, 4.69) is 25.2 Å². The van der Waals surface area contributed by atoms with Crippen molar-refractivity contribution in [3.05, 3.63) is 34.8 Å². The van der Waals surface area contributed by atoms with Crippen LogP contribution in [-0.4, -0.2) is 20.5 Å². The minimum absolute atomic E-state index is 0.0541. The number of fused-ring (bicyclic) bond motifs is 1. The summed E-state index contributed by atoms with van der Waals surface area (Å²) < 4.78 is 2.00. The number of nitrogens with one attached hydrogen (secondary N) is 1. The van der Waals surface area contributed by atoms with Crippen LogP contribution in [0.1, 0.15) is 55.8 Å². The van der Waals surface area contributed by atoms with Gasteiger partial charge in [0.15, 0.2) is 5.65 Å². The van der Waals surface area contributed by atoms with E-state index in [9.17, 15) is 4.79 Å². The van der Waals surface area contributed by atoms with Crippen molar-refractivity contribution in [3.63, 3.8) is 0 Å². The fourth-order valence-electron chi connectivity index (χ4n) is 3.29. The maximum Gasteiger partial charge on any atom is 0.221 e. The maximum absolute atomic E-state index is 11.4. The monoisotopic (exact) mass is 370 g/mol. The highest BCUT2D eigenvalue weighted by Crippen LogP contribution is 2.39. The number of amides is 1. The van der Waals surface area contributed by atoms with Crippen LogP contribution in [0.2, 0.25) is 0 Å². The van der Waals surface area contributed by atoms with E-state index in [0.29, 0.717) is 0 Å². The first-order valence-electron chi connectivity index (χ1n) is 9.15. The number of aromatic nitrogens is 3. The first-order chi connectivity index (χ1) is 12.4. The van der Waals surface area contributed by atoms with Gasteiger partial charge in [-0.15, -0.1) is 11.3 Å². The topological polar surface area (TPSA) is 59.3 Å². The van der Waals surface area contributed by atoms with Gasteiger partial charge in [0, 0.05) is 23.2 Å². The van der Waals surface area contributed by atoms with E-state index in [1.165, 1.54) is 25.5 Å². The Balaban J connectivity index is 2.11. The molecule has 6 heteroatoms. The third kappa shape index (κ3) is 3.65. The summed E-state index contributed by atoms with van der Waals surface area (Å²) in [6, 6.07) is 4.16. The number of aryl methyl sites for hydroxylation is 4. The first-order valence-corrected chi connectivity index (χ1v) is 9.96. The predicted octanol–water partition coefficient (Wildman–Crippen LogP) is 5.07. The Morgan fingerprint density at radius 2 is 2.00 bits per heavy atom. The first kappa shape index (κ1) is 18.6. The molecule has 1 N–H and O–H groups in total. The molecule has 0 aliphatic rings. The van der Waals surface area contributed by atoms with Gasteiger partial charge in [-0.05, 0) is 51.3 Å². The third-order valence-corrected chi connectivity index (χ3v) is 5.62. The lowest BCUT2D eigenvalue weighted by Crippen LogP contribution is -2.03. The average Bonchev–Trinajstić information content (AvgIpc) is 3.06. The second-order valence-electron chi connectivity index (χ2n) is 6.85. The molecule has 0 unspecified atom stereocenters. The lowest BCUT2D eigenvalue weighted by atomic mass is 10.1. The van der Waals surface area contributed by atoms with Crippen molar-refractivity contribution in [2.75, 3.05) is 5.32 Å². The van der Waals surface area contributed by atoms with Gasteiger partial charge in [0.25, 0.3) is 0 Å². The van der Waals surface area contributed by atoms with Gasteiger partial charge in [-0.1, -0.05) is 19.8 Å². The molecule has 0 saturated carbocycles. The van der Waals surface area contributed by atoms with Gasteiger partial charge in [0.05, 0.1) is 16.3 Å². The summed E-state index contributed by atoms with van der Waals surface area (Å²) in [5.74, 6) is -0.0541. The number of anilines is 1. The molecule has 0 radical (unpaired) electrons. The number of carbonyl (C=O) groups excluding carboxylic acids is 1. The number of carbonyl (C=O) groups is 1. The zero-order valence-electron chi connectivity index (χ0n) is 16.1. The summed E-state index contributed by atoms with van der Waals surface area (Å²) in [5.41, 5.74) is 6.32. The Hall–Kier alpha value is -2.21. The summed E-state index contributed by atoms with van der Waals surface area (Å²) in [5, 5.41) is 8.54. The number of hydrogen-bond acceptors (Lipinski definition) is 4. The lowest BCUT2D eigenvalue weighted by molar-refractivity contribution is -0.114. The van der Waals surface area contributed by atoms with Gasteiger partial charge in [-0.2, -0.15) is 5.10 Å². The van der Waals surface area contributed by atoms with Crippen LogP contribution in [0.4, 0.5) is 5.00 Å². The van der Waals surface area contributed by atoms with Gasteiger partial charge >= 0.3 is 0 Å². The summed E-state index contributed by atoms with van der Waals surface area (Å²) in [7, 11) is 0. The SMILES string of the molecule is CCCCCc1cc(C)nc2c(-c3sc(NC(C)=O)cc3C)c(C)nn12. The van der Waals surface area contributed by atoms with Crippen LogP contribution in [0, 0.1) is 20.8 Å². The Kier molecular flexibility index (Phi) is 5.41. The summed E-state index contributed by atoms with van der Waals surface area (Å²) in [6.07, 6.45) is 4.60. The Morgan fingerprint density at radius 1 is 1.23 bits per heavy atom. The number of rotatable bonds is 6. The molecule has 3 rings (SSSR count). The highest BCUT2D eigenvalue weighted by molar-refractivity contribution is 7.19. The molecule has 0 fully saturated rings. The number of nitrogens with zero attached hydrogens (tertiary/aromatic N) is 3. The highest BCUT2D eigenvalue weighted by atomic mass is 32.1. The molecule has 0 atom stereocenters. The van der Waals surface area contributed by atoms with Crippen molar-refractivity contribution in [2.24, 2.45) is 0 Å². The van der Waals surface area contributed by atoms with Gasteiger partial charge in [-0.25, -0.2) is 9.50 Å². The fourth-order valence-corrected chi connectivity index (χ4v) is 4.50. The molecule has 0 saturated heterocycles. The largest absolute Gasteiger partial charge is 0.318 e. The molecule has 5 nitrogen and oxygen atoms in total. The highest BCUT2D eigenvalue weighted by Gasteiger charge is 2.19. The van der Waals surface area contributed by atoms with Crippen LogP contribution < -0.4 is 5.32 Å². The molecule has 3 aromatic rings. The molecular weight excluding hydrogens is 344 g/mol. The smallest absolute Gasteiger partial charge is 0.221 e. The summed E-state index contributed by atoms with van der Waals surface area (Å²) in [6.45, 7) is 9.89. The second kappa shape index (κ2) is 7.58. The second-order valence-corrected chi connectivity index (χ2v) is 7.90.